The Bertz CT molecular complexity index is 354. The van der Waals surface area contributed by atoms with Crippen LogP contribution in [0.1, 0.15) is 15.3 Å². The van der Waals surface area contributed by atoms with Crippen LogP contribution in [0.4, 0.5) is 26.3 Å². The Kier molecular flexibility index (Phi) is 4.64. The van der Waals surface area contributed by atoms with Crippen LogP contribution in [-0.2, 0) is 0 Å². The van der Waals surface area contributed by atoms with Crippen LogP contribution in [0.3, 0.4) is 0 Å². The SMILES string of the molecule is Cc1csc(C(SC(F)(F)F)SC(F)(F)F)n1. The quantitative estimate of drug-likeness (QED) is 0.578. The molecule has 17 heavy (non-hydrogen) atoms. The Morgan fingerprint density at radius 2 is 1.59 bits per heavy atom. The van der Waals surface area contributed by atoms with Gasteiger partial charge in [-0.3, -0.25) is 0 Å². The average molecular weight is 313 g/mol. The number of hydrogen-bond acceptors (Lipinski definition) is 4. The van der Waals surface area contributed by atoms with E-state index < -0.39 is 39.1 Å². The number of alkyl halides is 6. The van der Waals surface area contributed by atoms with E-state index in [0.29, 0.717) is 5.69 Å². The molecule has 0 atom stereocenters. The summed E-state index contributed by atoms with van der Waals surface area (Å²) in [4.78, 5) is 3.66. The highest BCUT2D eigenvalue weighted by atomic mass is 32.2. The van der Waals surface area contributed by atoms with Crippen LogP contribution in [0.15, 0.2) is 5.38 Å². The van der Waals surface area contributed by atoms with Gasteiger partial charge < -0.3 is 0 Å². The molecule has 1 aromatic heterocycles. The smallest absolute Gasteiger partial charge is 0.244 e. The molecule has 1 aromatic rings. The van der Waals surface area contributed by atoms with Crippen LogP contribution in [0, 0.1) is 6.92 Å². The van der Waals surface area contributed by atoms with Gasteiger partial charge in [0.25, 0.3) is 0 Å². The first-order valence-corrected chi connectivity index (χ1v) is 6.62. The Labute approximate surface area is 105 Å². The van der Waals surface area contributed by atoms with Gasteiger partial charge >= 0.3 is 11.0 Å². The highest BCUT2D eigenvalue weighted by molar-refractivity contribution is 8.17. The van der Waals surface area contributed by atoms with Gasteiger partial charge in [-0.15, -0.1) is 11.3 Å². The number of nitrogens with zero attached hydrogens (tertiary/aromatic N) is 1. The number of rotatable bonds is 3. The van der Waals surface area contributed by atoms with Crippen LogP contribution >= 0.6 is 34.9 Å². The Balaban J connectivity index is 2.87. The van der Waals surface area contributed by atoms with Crippen molar-refractivity contribution in [3.05, 3.63) is 16.1 Å². The van der Waals surface area contributed by atoms with Gasteiger partial charge in [-0.2, -0.15) is 26.3 Å². The van der Waals surface area contributed by atoms with Gasteiger partial charge in [-0.1, -0.05) is 0 Å². The van der Waals surface area contributed by atoms with Crippen molar-refractivity contribution in [1.82, 2.24) is 4.98 Å². The molecule has 0 saturated heterocycles. The Hall–Kier alpha value is -0.0900. The summed E-state index contributed by atoms with van der Waals surface area (Å²) in [5, 5.41) is 1.23. The molecule has 98 valence electrons. The van der Waals surface area contributed by atoms with Crippen molar-refractivity contribution >= 4 is 34.9 Å². The van der Waals surface area contributed by atoms with Gasteiger partial charge in [0.2, 0.25) is 0 Å². The fourth-order valence-corrected chi connectivity index (χ4v) is 3.76. The van der Waals surface area contributed by atoms with Crippen molar-refractivity contribution in [2.24, 2.45) is 0 Å². The summed E-state index contributed by atoms with van der Waals surface area (Å²) in [6, 6.07) is 0. The topological polar surface area (TPSA) is 12.9 Å². The second kappa shape index (κ2) is 5.27. The number of aromatic nitrogens is 1. The Morgan fingerprint density at radius 3 is 1.88 bits per heavy atom. The van der Waals surface area contributed by atoms with Crippen molar-refractivity contribution < 1.29 is 26.3 Å². The van der Waals surface area contributed by atoms with E-state index in [1.54, 1.807) is 0 Å². The van der Waals surface area contributed by atoms with Crippen molar-refractivity contribution in [2.75, 3.05) is 0 Å². The van der Waals surface area contributed by atoms with Crippen LogP contribution in [-0.4, -0.2) is 16.0 Å². The van der Waals surface area contributed by atoms with Crippen LogP contribution in [0.2, 0.25) is 0 Å². The zero-order chi connectivity index (χ0) is 13.3. The highest BCUT2D eigenvalue weighted by Crippen LogP contribution is 2.53. The van der Waals surface area contributed by atoms with Crippen molar-refractivity contribution in [2.45, 2.75) is 22.5 Å². The van der Waals surface area contributed by atoms with Gasteiger partial charge in [0, 0.05) is 11.1 Å². The van der Waals surface area contributed by atoms with Gasteiger partial charge in [-0.25, -0.2) is 4.98 Å². The molecule has 0 saturated carbocycles. The highest BCUT2D eigenvalue weighted by Gasteiger charge is 2.42. The summed E-state index contributed by atoms with van der Waals surface area (Å²) in [6.07, 6.45) is 0. The molecule has 0 aliphatic carbocycles. The third-order valence-corrected chi connectivity index (χ3v) is 4.63. The number of thioether (sulfide) groups is 2. The van der Waals surface area contributed by atoms with E-state index in [1.807, 2.05) is 0 Å². The molecule has 1 rings (SSSR count). The molecule has 1 nitrogen and oxygen atoms in total. The summed E-state index contributed by atoms with van der Waals surface area (Å²) in [5.74, 6) is 0. The predicted molar refractivity (Wildman–Crippen MR) is 56.9 cm³/mol. The molecule has 0 spiro atoms. The zero-order valence-corrected chi connectivity index (χ0v) is 10.5. The fourth-order valence-electron chi connectivity index (χ4n) is 0.848. The predicted octanol–water partition coefficient (Wildman–Crippen LogP) is 4.96. The van der Waals surface area contributed by atoms with E-state index >= 15 is 0 Å². The lowest BCUT2D eigenvalue weighted by atomic mass is 10.6. The maximum Gasteiger partial charge on any atom is 0.443 e. The number of aryl methyl sites for hydroxylation is 1. The molecule has 0 unspecified atom stereocenters. The van der Waals surface area contributed by atoms with Gasteiger partial charge in [-0.05, 0) is 30.4 Å². The molecule has 0 aliphatic heterocycles. The van der Waals surface area contributed by atoms with Crippen molar-refractivity contribution in [1.29, 1.82) is 0 Å². The third kappa shape index (κ3) is 5.87. The number of halogens is 6. The maximum atomic E-state index is 12.1. The molecule has 0 fully saturated rings. The van der Waals surface area contributed by atoms with E-state index in [9.17, 15) is 26.3 Å². The van der Waals surface area contributed by atoms with Crippen LogP contribution in [0.5, 0.6) is 0 Å². The number of hydrogen-bond donors (Lipinski definition) is 0. The van der Waals surface area contributed by atoms with Gasteiger partial charge in [0.05, 0.1) is 0 Å². The summed E-state index contributed by atoms with van der Waals surface area (Å²) in [5.41, 5.74) is -9.06. The van der Waals surface area contributed by atoms with E-state index in [1.165, 1.54) is 12.3 Å². The first-order chi connectivity index (χ1) is 7.57. The first-order valence-electron chi connectivity index (χ1n) is 3.98. The summed E-state index contributed by atoms with van der Waals surface area (Å²) in [6.45, 7) is 1.51. The van der Waals surface area contributed by atoms with Gasteiger partial charge in [0.15, 0.2) is 0 Å². The number of thiazole rings is 1. The second-order valence-corrected chi connectivity index (χ2v) is 6.31. The second-order valence-electron chi connectivity index (χ2n) is 2.79. The van der Waals surface area contributed by atoms with E-state index in [2.05, 4.69) is 4.98 Å². The van der Waals surface area contributed by atoms with E-state index in [-0.39, 0.29) is 5.01 Å². The van der Waals surface area contributed by atoms with Crippen molar-refractivity contribution in [3.8, 4) is 0 Å². The fraction of sp³-hybridized carbons (Fsp3) is 0.571. The lowest BCUT2D eigenvalue weighted by Crippen LogP contribution is -2.09. The largest absolute Gasteiger partial charge is 0.443 e. The normalized spacial score (nSPS) is 13.4. The molecule has 0 radical (unpaired) electrons. The monoisotopic (exact) mass is 313 g/mol. The van der Waals surface area contributed by atoms with E-state index in [4.69, 9.17) is 0 Å². The molecule has 0 amide bonds. The minimum absolute atomic E-state index is 0.188. The lowest BCUT2D eigenvalue weighted by molar-refractivity contribution is -0.0346. The zero-order valence-electron chi connectivity index (χ0n) is 8.09. The van der Waals surface area contributed by atoms with E-state index in [0.717, 1.165) is 11.3 Å². The summed E-state index contributed by atoms with van der Waals surface area (Å²) < 4.78 is 71.0. The standard InChI is InChI=1S/C7H5F6NS3/c1-3-2-15-4(14-3)5(16-6(8,9)10)17-7(11,12)13/h2,5H,1H3. The molecule has 1 heterocycles. The molecular formula is C7H5F6NS3. The van der Waals surface area contributed by atoms with Crippen LogP contribution < -0.4 is 0 Å². The Morgan fingerprint density at radius 1 is 1.12 bits per heavy atom. The minimum atomic E-state index is -4.73. The molecule has 0 aliphatic rings. The average Bonchev–Trinajstić information content (AvgIpc) is 2.45. The molecule has 0 aromatic carbocycles. The maximum absolute atomic E-state index is 12.1. The van der Waals surface area contributed by atoms with Crippen molar-refractivity contribution in [3.63, 3.8) is 0 Å². The van der Waals surface area contributed by atoms with Crippen LogP contribution in [0.25, 0.3) is 0 Å². The summed E-state index contributed by atoms with van der Waals surface area (Å²) in [7, 11) is 0. The first kappa shape index (κ1) is 15.0. The molecule has 0 N–H and O–H groups in total. The molecular weight excluding hydrogens is 308 g/mol. The summed E-state index contributed by atoms with van der Waals surface area (Å²) >= 11 is -0.642. The minimum Gasteiger partial charge on any atom is -0.244 e. The molecule has 0 bridgehead atoms. The lowest BCUT2D eigenvalue weighted by Gasteiger charge is -2.16. The van der Waals surface area contributed by atoms with Gasteiger partial charge in [0.1, 0.15) is 9.59 Å². The third-order valence-electron chi connectivity index (χ3n) is 1.32. The molecule has 10 heteroatoms.